The summed E-state index contributed by atoms with van der Waals surface area (Å²) in [6, 6.07) is 5.95. The Balaban J connectivity index is 1.94. The molecule has 1 heterocycles. The third-order valence-electron chi connectivity index (χ3n) is 3.17. The number of nitrogens with zero attached hydrogens (tertiary/aromatic N) is 1. The second-order valence-electron chi connectivity index (χ2n) is 4.58. The Bertz CT molecular complexity index is 442. The molecule has 0 spiro atoms. The van der Waals surface area contributed by atoms with E-state index < -0.39 is 0 Å². The van der Waals surface area contributed by atoms with Gasteiger partial charge in [-0.15, -0.1) is 0 Å². The topological polar surface area (TPSA) is 37.4 Å². The SMILES string of the molecule is O=C1CCCN(C(=O)Cc2ccc(F)cc2)CC1. The van der Waals surface area contributed by atoms with Crippen LogP contribution in [0.4, 0.5) is 4.39 Å². The minimum Gasteiger partial charge on any atom is -0.342 e. The van der Waals surface area contributed by atoms with Gasteiger partial charge in [-0.3, -0.25) is 9.59 Å². The number of ketones is 1. The number of hydrogen-bond acceptors (Lipinski definition) is 2. The van der Waals surface area contributed by atoms with Crippen molar-refractivity contribution in [2.45, 2.75) is 25.7 Å². The summed E-state index contributed by atoms with van der Waals surface area (Å²) in [5, 5.41) is 0. The monoisotopic (exact) mass is 249 g/mol. The van der Waals surface area contributed by atoms with Crippen molar-refractivity contribution >= 4 is 11.7 Å². The zero-order valence-corrected chi connectivity index (χ0v) is 10.2. The Kier molecular flexibility index (Phi) is 4.07. The number of carbonyl (C=O) groups excluding carboxylic acids is 2. The first-order chi connectivity index (χ1) is 8.65. The van der Waals surface area contributed by atoms with Crippen molar-refractivity contribution in [2.75, 3.05) is 13.1 Å². The zero-order valence-electron chi connectivity index (χ0n) is 10.2. The van der Waals surface area contributed by atoms with Crippen molar-refractivity contribution in [3.8, 4) is 0 Å². The summed E-state index contributed by atoms with van der Waals surface area (Å²) in [5.74, 6) is -0.0602. The van der Waals surface area contributed by atoms with E-state index in [1.807, 2.05) is 0 Å². The number of likely N-dealkylation sites (tertiary alicyclic amines) is 1. The fraction of sp³-hybridized carbons (Fsp3) is 0.429. The maximum Gasteiger partial charge on any atom is 0.227 e. The molecule has 1 aliphatic rings. The molecule has 1 amide bonds. The molecule has 4 heteroatoms. The Labute approximate surface area is 106 Å². The van der Waals surface area contributed by atoms with E-state index in [2.05, 4.69) is 0 Å². The van der Waals surface area contributed by atoms with Crippen LogP contribution in [0.25, 0.3) is 0 Å². The minimum absolute atomic E-state index is 0.0105. The van der Waals surface area contributed by atoms with E-state index in [1.54, 1.807) is 17.0 Å². The molecule has 0 aromatic heterocycles. The second-order valence-corrected chi connectivity index (χ2v) is 4.58. The normalized spacial score (nSPS) is 16.5. The predicted molar refractivity (Wildman–Crippen MR) is 65.5 cm³/mol. The Morgan fingerprint density at radius 2 is 1.89 bits per heavy atom. The highest BCUT2D eigenvalue weighted by Crippen LogP contribution is 2.10. The van der Waals surface area contributed by atoms with Crippen LogP contribution in [0.15, 0.2) is 24.3 Å². The summed E-state index contributed by atoms with van der Waals surface area (Å²) in [6.45, 7) is 1.16. The summed E-state index contributed by atoms with van der Waals surface area (Å²) in [6.07, 6.45) is 2.04. The first-order valence-corrected chi connectivity index (χ1v) is 6.19. The Morgan fingerprint density at radius 3 is 2.61 bits per heavy atom. The third kappa shape index (κ3) is 3.39. The molecule has 18 heavy (non-hydrogen) atoms. The standard InChI is InChI=1S/C14H16FNO2/c15-12-5-3-11(4-6-12)10-14(18)16-8-1-2-13(17)7-9-16/h3-6H,1-2,7-10H2. The molecule has 0 aliphatic carbocycles. The second kappa shape index (κ2) is 5.76. The van der Waals surface area contributed by atoms with Gasteiger partial charge >= 0.3 is 0 Å². The van der Waals surface area contributed by atoms with Gasteiger partial charge < -0.3 is 4.90 Å². The average molecular weight is 249 g/mol. The van der Waals surface area contributed by atoms with Crippen LogP contribution in [-0.2, 0) is 16.0 Å². The molecule has 3 nitrogen and oxygen atoms in total. The zero-order chi connectivity index (χ0) is 13.0. The maximum absolute atomic E-state index is 12.7. The number of Topliss-reactive ketones (excluding diaryl/α,β-unsaturated/α-hetero) is 1. The van der Waals surface area contributed by atoms with E-state index in [-0.39, 0.29) is 23.9 Å². The minimum atomic E-state index is -0.299. The molecule has 0 unspecified atom stereocenters. The van der Waals surface area contributed by atoms with Crippen molar-refractivity contribution in [3.63, 3.8) is 0 Å². The van der Waals surface area contributed by atoms with Crippen LogP contribution in [0.2, 0.25) is 0 Å². The van der Waals surface area contributed by atoms with Gasteiger partial charge in [0.2, 0.25) is 5.91 Å². The van der Waals surface area contributed by atoms with Crippen LogP contribution in [-0.4, -0.2) is 29.7 Å². The van der Waals surface area contributed by atoms with E-state index in [1.165, 1.54) is 12.1 Å². The number of carbonyl (C=O) groups is 2. The smallest absolute Gasteiger partial charge is 0.227 e. The maximum atomic E-state index is 12.7. The molecule has 96 valence electrons. The van der Waals surface area contributed by atoms with Crippen LogP contribution in [0.1, 0.15) is 24.8 Å². The van der Waals surface area contributed by atoms with Crippen molar-refractivity contribution < 1.29 is 14.0 Å². The fourth-order valence-electron chi connectivity index (χ4n) is 2.10. The van der Waals surface area contributed by atoms with Gasteiger partial charge in [0.15, 0.2) is 0 Å². The highest BCUT2D eigenvalue weighted by atomic mass is 19.1. The molecule has 0 bridgehead atoms. The summed E-state index contributed by atoms with van der Waals surface area (Å²) in [5.41, 5.74) is 0.803. The van der Waals surface area contributed by atoms with Gasteiger partial charge in [-0.25, -0.2) is 4.39 Å². The highest BCUT2D eigenvalue weighted by Gasteiger charge is 2.18. The van der Waals surface area contributed by atoms with Crippen LogP contribution < -0.4 is 0 Å². The molecule has 1 saturated heterocycles. The van der Waals surface area contributed by atoms with Crippen molar-refractivity contribution in [2.24, 2.45) is 0 Å². The summed E-state index contributed by atoms with van der Waals surface area (Å²) >= 11 is 0. The summed E-state index contributed by atoms with van der Waals surface area (Å²) < 4.78 is 12.7. The van der Waals surface area contributed by atoms with Gasteiger partial charge in [0, 0.05) is 25.9 Å². The van der Waals surface area contributed by atoms with E-state index in [0.29, 0.717) is 25.9 Å². The molecule has 0 N–H and O–H groups in total. The first-order valence-electron chi connectivity index (χ1n) is 6.19. The number of rotatable bonds is 2. The summed E-state index contributed by atoms with van der Waals surface area (Å²) in [7, 11) is 0. The van der Waals surface area contributed by atoms with Gasteiger partial charge in [0.25, 0.3) is 0 Å². The molecule has 1 aromatic carbocycles. The number of hydrogen-bond donors (Lipinski definition) is 0. The van der Waals surface area contributed by atoms with E-state index in [9.17, 15) is 14.0 Å². The van der Waals surface area contributed by atoms with E-state index in [4.69, 9.17) is 0 Å². The van der Waals surface area contributed by atoms with Gasteiger partial charge in [0.05, 0.1) is 6.42 Å². The molecular formula is C14H16FNO2. The third-order valence-corrected chi connectivity index (χ3v) is 3.17. The number of halogens is 1. The van der Waals surface area contributed by atoms with Crippen LogP contribution >= 0.6 is 0 Å². The summed E-state index contributed by atoms with van der Waals surface area (Å²) in [4.78, 5) is 25.0. The number of benzene rings is 1. The van der Waals surface area contributed by atoms with Crippen molar-refractivity contribution in [1.29, 1.82) is 0 Å². The number of amides is 1. The fourth-order valence-corrected chi connectivity index (χ4v) is 2.10. The van der Waals surface area contributed by atoms with Crippen molar-refractivity contribution in [1.82, 2.24) is 4.90 Å². The van der Waals surface area contributed by atoms with Crippen LogP contribution in [0, 0.1) is 5.82 Å². The predicted octanol–water partition coefficient (Wildman–Crippen LogP) is 1.95. The lowest BCUT2D eigenvalue weighted by Gasteiger charge is -2.19. The van der Waals surface area contributed by atoms with Gasteiger partial charge in [0.1, 0.15) is 11.6 Å². The highest BCUT2D eigenvalue weighted by molar-refractivity contribution is 5.82. The molecule has 1 aromatic rings. The van der Waals surface area contributed by atoms with Crippen molar-refractivity contribution in [3.05, 3.63) is 35.6 Å². The molecule has 0 atom stereocenters. The van der Waals surface area contributed by atoms with Crippen LogP contribution in [0.3, 0.4) is 0 Å². The largest absolute Gasteiger partial charge is 0.342 e. The quantitative estimate of drug-likeness (QED) is 0.803. The van der Waals surface area contributed by atoms with E-state index >= 15 is 0 Å². The molecule has 2 rings (SSSR count). The van der Waals surface area contributed by atoms with Gasteiger partial charge in [-0.05, 0) is 24.1 Å². The lowest BCUT2D eigenvalue weighted by atomic mass is 10.1. The van der Waals surface area contributed by atoms with Gasteiger partial charge in [-0.2, -0.15) is 0 Å². The lowest BCUT2D eigenvalue weighted by Crippen LogP contribution is -2.33. The Morgan fingerprint density at radius 1 is 1.17 bits per heavy atom. The molecule has 0 radical (unpaired) electrons. The average Bonchev–Trinajstić information content (AvgIpc) is 2.57. The Hall–Kier alpha value is -1.71. The molecule has 1 fully saturated rings. The molecular weight excluding hydrogens is 233 g/mol. The van der Waals surface area contributed by atoms with Crippen LogP contribution in [0.5, 0.6) is 0 Å². The van der Waals surface area contributed by atoms with E-state index in [0.717, 1.165) is 12.0 Å². The molecule has 0 saturated carbocycles. The molecule has 1 aliphatic heterocycles. The lowest BCUT2D eigenvalue weighted by molar-refractivity contribution is -0.130. The first kappa shape index (κ1) is 12.7. The van der Waals surface area contributed by atoms with Gasteiger partial charge in [-0.1, -0.05) is 12.1 Å².